The molecule has 1 aliphatic heterocycles. The molecular formula is C24H26FN7O3. The third-order valence-electron chi connectivity index (χ3n) is 5.83. The molecule has 0 unspecified atom stereocenters. The van der Waals surface area contributed by atoms with Gasteiger partial charge >= 0.3 is 6.09 Å². The summed E-state index contributed by atoms with van der Waals surface area (Å²) in [4.78, 5) is 35.6. The van der Waals surface area contributed by atoms with Crippen LogP contribution in [0.2, 0.25) is 0 Å². The zero-order valence-electron chi connectivity index (χ0n) is 19.9. The molecule has 1 fully saturated rings. The molecule has 0 spiro atoms. The monoisotopic (exact) mass is 479 g/mol. The van der Waals surface area contributed by atoms with E-state index < -0.39 is 23.9 Å². The van der Waals surface area contributed by atoms with E-state index in [1.54, 1.807) is 60.6 Å². The molecule has 4 aromatic rings. The van der Waals surface area contributed by atoms with Gasteiger partial charge in [0.1, 0.15) is 17.6 Å². The molecule has 1 aliphatic rings. The number of halogens is 1. The van der Waals surface area contributed by atoms with Gasteiger partial charge in [-0.15, -0.1) is 0 Å². The highest BCUT2D eigenvalue weighted by molar-refractivity contribution is 6.05. The molecule has 10 nitrogen and oxygen atoms in total. The Labute approximate surface area is 200 Å². The zero-order valence-corrected chi connectivity index (χ0v) is 19.9. The fourth-order valence-corrected chi connectivity index (χ4v) is 4.22. The molecule has 0 saturated carbocycles. The number of hydrogen-bond donors (Lipinski definition) is 1. The van der Waals surface area contributed by atoms with Crippen LogP contribution in [-0.2, 0) is 11.8 Å². The SMILES string of the molecule is Cn1ncc2cc(C(=O)Nc3cn4cc([C@H]5C[C@@H](F)CN5C(=O)OC(C)(C)C)nc4cn3)ccc21. The van der Waals surface area contributed by atoms with Crippen LogP contribution in [0.25, 0.3) is 16.6 Å². The second kappa shape index (κ2) is 8.33. The molecule has 0 radical (unpaired) electrons. The number of carbonyl (C=O) groups excluding carboxylic acids is 2. The fourth-order valence-electron chi connectivity index (χ4n) is 4.22. The van der Waals surface area contributed by atoms with E-state index in [2.05, 4.69) is 20.4 Å². The van der Waals surface area contributed by atoms with Crippen molar-refractivity contribution in [3.05, 3.63) is 54.2 Å². The van der Waals surface area contributed by atoms with Crippen molar-refractivity contribution in [3.63, 3.8) is 0 Å². The number of anilines is 1. The molecular weight excluding hydrogens is 453 g/mol. The van der Waals surface area contributed by atoms with E-state index in [0.717, 1.165) is 10.9 Å². The van der Waals surface area contributed by atoms with E-state index in [4.69, 9.17) is 4.74 Å². The summed E-state index contributed by atoms with van der Waals surface area (Å²) >= 11 is 0. The molecule has 1 saturated heterocycles. The van der Waals surface area contributed by atoms with E-state index in [0.29, 0.717) is 22.7 Å². The van der Waals surface area contributed by atoms with Crippen LogP contribution in [-0.4, -0.2) is 59.4 Å². The molecule has 11 heteroatoms. The lowest BCUT2D eigenvalue weighted by atomic mass is 10.1. The van der Waals surface area contributed by atoms with Crippen molar-refractivity contribution >= 4 is 34.4 Å². The molecule has 2 atom stereocenters. The topological polar surface area (TPSA) is 107 Å². The maximum atomic E-state index is 14.3. The number of hydrogen-bond acceptors (Lipinski definition) is 6. The van der Waals surface area contributed by atoms with Crippen molar-refractivity contribution in [2.45, 2.75) is 45.0 Å². The van der Waals surface area contributed by atoms with Gasteiger partial charge in [-0.05, 0) is 39.0 Å². The Kier molecular flexibility index (Phi) is 5.42. The molecule has 3 aromatic heterocycles. The van der Waals surface area contributed by atoms with Crippen molar-refractivity contribution < 1.29 is 18.7 Å². The predicted molar refractivity (Wildman–Crippen MR) is 127 cm³/mol. The minimum absolute atomic E-state index is 0.0473. The Hall–Kier alpha value is -4.02. The molecule has 0 aliphatic carbocycles. The van der Waals surface area contributed by atoms with Crippen molar-refractivity contribution in [1.82, 2.24) is 29.0 Å². The second-order valence-corrected chi connectivity index (χ2v) is 9.68. The average molecular weight is 480 g/mol. The van der Waals surface area contributed by atoms with Crippen molar-refractivity contribution in [1.29, 1.82) is 0 Å². The van der Waals surface area contributed by atoms with Gasteiger partial charge in [0.05, 0.1) is 42.4 Å². The van der Waals surface area contributed by atoms with Crippen molar-refractivity contribution in [2.24, 2.45) is 7.05 Å². The number of nitrogens with zero attached hydrogens (tertiary/aromatic N) is 6. The van der Waals surface area contributed by atoms with Crippen LogP contribution < -0.4 is 5.32 Å². The van der Waals surface area contributed by atoms with Gasteiger partial charge in [0.2, 0.25) is 0 Å². The summed E-state index contributed by atoms with van der Waals surface area (Å²) in [5.74, 6) is 0.0200. The number of rotatable bonds is 3. The van der Waals surface area contributed by atoms with Crippen molar-refractivity contribution in [3.8, 4) is 0 Å². The first kappa shape index (κ1) is 22.8. The third kappa shape index (κ3) is 4.53. The lowest BCUT2D eigenvalue weighted by molar-refractivity contribution is 0.0214. The van der Waals surface area contributed by atoms with E-state index >= 15 is 0 Å². The van der Waals surface area contributed by atoms with E-state index in [9.17, 15) is 14.0 Å². The van der Waals surface area contributed by atoms with Crippen LogP contribution >= 0.6 is 0 Å². The van der Waals surface area contributed by atoms with Gasteiger partial charge in [0.15, 0.2) is 5.65 Å². The first-order valence-electron chi connectivity index (χ1n) is 11.3. The maximum absolute atomic E-state index is 14.3. The Balaban J connectivity index is 1.36. The minimum atomic E-state index is -1.16. The molecule has 5 rings (SSSR count). The number of likely N-dealkylation sites (tertiary alicyclic amines) is 1. The Bertz CT molecular complexity index is 1440. The molecule has 1 N–H and O–H groups in total. The molecule has 35 heavy (non-hydrogen) atoms. The van der Waals surface area contributed by atoms with E-state index in [1.807, 2.05) is 13.1 Å². The highest BCUT2D eigenvalue weighted by Gasteiger charge is 2.39. The Morgan fingerprint density at radius 1 is 1.20 bits per heavy atom. The lowest BCUT2D eigenvalue weighted by Gasteiger charge is -2.27. The number of amides is 2. The number of aryl methyl sites for hydroxylation is 1. The smallest absolute Gasteiger partial charge is 0.410 e. The number of ether oxygens (including phenoxy) is 1. The number of imidazole rings is 1. The summed E-state index contributed by atoms with van der Waals surface area (Å²) in [6, 6.07) is 4.78. The molecule has 182 valence electrons. The molecule has 2 amide bonds. The van der Waals surface area contributed by atoms with Gasteiger partial charge in [-0.1, -0.05) is 0 Å². The Morgan fingerprint density at radius 3 is 2.77 bits per heavy atom. The van der Waals surface area contributed by atoms with Gasteiger partial charge in [-0.25, -0.2) is 19.2 Å². The average Bonchev–Trinajstić information content (AvgIpc) is 3.48. The highest BCUT2D eigenvalue weighted by Crippen LogP contribution is 2.34. The van der Waals surface area contributed by atoms with E-state index in [1.165, 1.54) is 11.1 Å². The highest BCUT2D eigenvalue weighted by atomic mass is 19.1. The number of alkyl halides is 1. The predicted octanol–water partition coefficient (Wildman–Crippen LogP) is 3.89. The number of aromatic nitrogens is 5. The van der Waals surface area contributed by atoms with Gasteiger partial charge in [-0.2, -0.15) is 5.10 Å². The quantitative estimate of drug-likeness (QED) is 0.478. The first-order chi connectivity index (χ1) is 16.6. The van der Waals surface area contributed by atoms with Crippen LogP contribution in [0.4, 0.5) is 15.0 Å². The third-order valence-corrected chi connectivity index (χ3v) is 5.83. The standard InChI is InChI=1S/C24H26FN7O3/c1-24(2,3)35-23(34)32-11-16(25)8-19(32)17-12-31-13-20(26-10-21(31)28-17)29-22(33)14-5-6-18-15(7-14)9-27-30(18)4/h5-7,9-10,12-13,16,19H,8,11H2,1-4H3,(H,29,33)/t16-,19-/m1/s1. The summed E-state index contributed by atoms with van der Waals surface area (Å²) in [6.45, 7) is 5.26. The summed E-state index contributed by atoms with van der Waals surface area (Å²) in [5.41, 5.74) is 1.76. The largest absolute Gasteiger partial charge is 0.444 e. The minimum Gasteiger partial charge on any atom is -0.444 e. The molecule has 0 bridgehead atoms. The number of benzene rings is 1. The van der Waals surface area contributed by atoms with Crippen LogP contribution in [0.5, 0.6) is 0 Å². The summed E-state index contributed by atoms with van der Waals surface area (Å²) in [5, 5.41) is 7.85. The Morgan fingerprint density at radius 2 is 2.00 bits per heavy atom. The maximum Gasteiger partial charge on any atom is 0.410 e. The van der Waals surface area contributed by atoms with Crippen LogP contribution in [0, 0.1) is 0 Å². The number of fused-ring (bicyclic) bond motifs is 2. The van der Waals surface area contributed by atoms with Gasteiger partial charge in [0, 0.05) is 30.6 Å². The summed E-state index contributed by atoms with van der Waals surface area (Å²) < 4.78 is 23.2. The number of nitrogens with one attached hydrogen (secondary N) is 1. The normalized spacial score (nSPS) is 18.4. The second-order valence-electron chi connectivity index (χ2n) is 9.68. The van der Waals surface area contributed by atoms with Crippen LogP contribution in [0.15, 0.2) is 43.0 Å². The van der Waals surface area contributed by atoms with Gasteiger partial charge in [-0.3, -0.25) is 14.4 Å². The first-order valence-corrected chi connectivity index (χ1v) is 11.3. The van der Waals surface area contributed by atoms with Gasteiger partial charge < -0.3 is 14.5 Å². The fraction of sp³-hybridized carbons (Fsp3) is 0.375. The summed E-state index contributed by atoms with van der Waals surface area (Å²) in [6.07, 6.45) is 4.97. The van der Waals surface area contributed by atoms with Gasteiger partial charge in [0.25, 0.3) is 5.91 Å². The van der Waals surface area contributed by atoms with Crippen LogP contribution in [0.3, 0.4) is 0 Å². The molecule has 4 heterocycles. The zero-order chi connectivity index (χ0) is 24.9. The molecule has 1 aromatic carbocycles. The number of carbonyl (C=O) groups is 2. The summed E-state index contributed by atoms with van der Waals surface area (Å²) in [7, 11) is 1.84. The van der Waals surface area contributed by atoms with Crippen molar-refractivity contribution in [2.75, 3.05) is 11.9 Å². The van der Waals surface area contributed by atoms with Crippen LogP contribution in [0.1, 0.15) is 49.3 Å². The lowest BCUT2D eigenvalue weighted by Crippen LogP contribution is -2.37. The van der Waals surface area contributed by atoms with E-state index in [-0.39, 0.29) is 18.9 Å².